The first-order valence-electron chi connectivity index (χ1n) is 18.8. The van der Waals surface area contributed by atoms with Crippen LogP contribution in [-0.4, -0.2) is 93.5 Å². The van der Waals surface area contributed by atoms with Gasteiger partial charge in [0.1, 0.15) is 17.9 Å². The minimum Gasteiger partial charge on any atom is -0.480 e. The van der Waals surface area contributed by atoms with Gasteiger partial charge in [0.25, 0.3) is 5.91 Å². The third-order valence-corrected chi connectivity index (χ3v) is 10.9. The number of halogens is 2. The molecule has 0 aromatic heterocycles. The van der Waals surface area contributed by atoms with E-state index in [1.165, 1.54) is 29.2 Å². The van der Waals surface area contributed by atoms with Crippen molar-refractivity contribution in [1.29, 1.82) is 0 Å². The lowest BCUT2D eigenvalue weighted by Gasteiger charge is -2.38. The van der Waals surface area contributed by atoms with E-state index in [2.05, 4.69) is 16.1 Å². The van der Waals surface area contributed by atoms with Gasteiger partial charge in [0.05, 0.1) is 22.8 Å². The molecule has 0 saturated carbocycles. The number of carbonyl (C=O) groups is 5. The van der Waals surface area contributed by atoms with Crippen molar-refractivity contribution in [3.05, 3.63) is 111 Å². The molecule has 12 nitrogen and oxygen atoms in total. The van der Waals surface area contributed by atoms with Crippen LogP contribution in [0.25, 0.3) is 5.57 Å². The number of unbranched alkanes of at least 4 members (excludes halogenated alkanes) is 2. The maximum Gasteiger partial charge on any atom is 0.335 e. The van der Waals surface area contributed by atoms with Crippen LogP contribution >= 0.6 is 11.6 Å². The van der Waals surface area contributed by atoms with Crippen molar-refractivity contribution >= 4 is 52.3 Å². The van der Waals surface area contributed by atoms with Gasteiger partial charge in [-0.2, -0.15) is 0 Å². The molecule has 14 heteroatoms. The van der Waals surface area contributed by atoms with Crippen molar-refractivity contribution in [2.45, 2.75) is 76.0 Å². The van der Waals surface area contributed by atoms with Crippen LogP contribution < -0.4 is 5.73 Å². The fourth-order valence-corrected chi connectivity index (χ4v) is 7.79. The van der Waals surface area contributed by atoms with Crippen LogP contribution in [0.15, 0.2) is 71.9 Å². The molecule has 0 saturated heterocycles. The second-order valence-electron chi connectivity index (χ2n) is 14.4. The number of aromatic carboxylic acids is 1. The SMILES string of the molecule is N[C@@H](CCCCCC(=O)CN1CC=C(c2cccc3c2CCN(C(=O)[C@H]2CC(c4cccc(Cl)c4F)=NO2)[C@@H]3C(=O)Cc2ccc(C(=O)O)cc2)CC1)C(=O)O. The number of carbonyl (C=O) groups excluding carboxylic acids is 3. The van der Waals surface area contributed by atoms with E-state index in [4.69, 9.17) is 27.3 Å². The van der Waals surface area contributed by atoms with Crippen molar-refractivity contribution in [2.75, 3.05) is 26.2 Å². The number of hydrogen-bond donors (Lipinski definition) is 3. The predicted molar refractivity (Wildman–Crippen MR) is 207 cm³/mol. The van der Waals surface area contributed by atoms with Gasteiger partial charge in [0.2, 0.25) is 6.10 Å². The summed E-state index contributed by atoms with van der Waals surface area (Å²) in [4.78, 5) is 72.8. The van der Waals surface area contributed by atoms with E-state index in [1.807, 2.05) is 18.2 Å². The summed E-state index contributed by atoms with van der Waals surface area (Å²) in [6.45, 7) is 1.79. The number of ketones is 2. The zero-order valence-electron chi connectivity index (χ0n) is 30.8. The van der Waals surface area contributed by atoms with Gasteiger partial charge < -0.3 is 25.7 Å². The van der Waals surface area contributed by atoms with E-state index in [0.29, 0.717) is 69.3 Å². The molecule has 3 heterocycles. The Morgan fingerprint density at radius 2 is 1.70 bits per heavy atom. The molecule has 3 aliphatic rings. The summed E-state index contributed by atoms with van der Waals surface area (Å²) < 4.78 is 14.8. The Kier molecular flexibility index (Phi) is 13.1. The molecule has 0 bridgehead atoms. The Hall–Kier alpha value is -5.24. The monoisotopic (exact) mass is 786 g/mol. The van der Waals surface area contributed by atoms with Crippen LogP contribution in [0.4, 0.5) is 4.39 Å². The van der Waals surface area contributed by atoms with Gasteiger partial charge in [-0.25, -0.2) is 9.18 Å². The number of oxime groups is 1. The fraction of sp³-hybridized carbons (Fsp3) is 0.381. The van der Waals surface area contributed by atoms with E-state index in [1.54, 1.807) is 18.2 Å². The summed E-state index contributed by atoms with van der Waals surface area (Å²) in [5, 5.41) is 22.2. The molecule has 0 spiro atoms. The molecule has 3 atom stereocenters. The number of amides is 1. The minimum absolute atomic E-state index is 0.00948. The second-order valence-corrected chi connectivity index (χ2v) is 14.8. The van der Waals surface area contributed by atoms with E-state index in [0.717, 1.165) is 23.1 Å². The van der Waals surface area contributed by atoms with Crippen molar-refractivity contribution in [3.63, 3.8) is 0 Å². The van der Waals surface area contributed by atoms with Crippen LogP contribution in [0.3, 0.4) is 0 Å². The highest BCUT2D eigenvalue weighted by atomic mass is 35.5. The first-order valence-corrected chi connectivity index (χ1v) is 19.1. The number of Topliss-reactive ketones (excluding diaryl/α,β-unsaturated/α-hetero) is 2. The maximum atomic E-state index is 14.8. The summed E-state index contributed by atoms with van der Waals surface area (Å²) in [7, 11) is 0. The Morgan fingerprint density at radius 3 is 2.41 bits per heavy atom. The van der Waals surface area contributed by atoms with Gasteiger partial charge in [-0.15, -0.1) is 0 Å². The Bertz CT molecular complexity index is 2070. The van der Waals surface area contributed by atoms with Gasteiger partial charge in [-0.05, 0) is 77.8 Å². The number of carboxylic acid groups (broad SMARTS) is 2. The summed E-state index contributed by atoms with van der Waals surface area (Å²) in [5.74, 6) is -3.34. The number of aliphatic carboxylic acids is 1. The molecule has 0 unspecified atom stereocenters. The second kappa shape index (κ2) is 18.1. The minimum atomic E-state index is -1.08. The number of fused-ring (bicyclic) bond motifs is 1. The topological polar surface area (TPSA) is 180 Å². The van der Waals surface area contributed by atoms with Crippen molar-refractivity contribution in [2.24, 2.45) is 10.9 Å². The van der Waals surface area contributed by atoms with Crippen molar-refractivity contribution < 1.29 is 43.4 Å². The molecule has 4 N–H and O–H groups in total. The predicted octanol–water partition coefficient (Wildman–Crippen LogP) is 5.63. The van der Waals surface area contributed by atoms with Crippen molar-refractivity contribution in [1.82, 2.24) is 9.80 Å². The van der Waals surface area contributed by atoms with Gasteiger partial charge >= 0.3 is 11.9 Å². The van der Waals surface area contributed by atoms with Crippen LogP contribution in [-0.2, 0) is 36.9 Å². The van der Waals surface area contributed by atoms with Gasteiger partial charge in [-0.1, -0.05) is 72.1 Å². The Labute approximate surface area is 328 Å². The third kappa shape index (κ3) is 9.40. The summed E-state index contributed by atoms with van der Waals surface area (Å²) in [6.07, 6.45) is 5.01. The van der Waals surface area contributed by atoms with Crippen LogP contribution in [0, 0.1) is 5.82 Å². The van der Waals surface area contributed by atoms with E-state index in [-0.39, 0.29) is 52.8 Å². The quantitative estimate of drug-likeness (QED) is 0.154. The molecule has 3 aromatic rings. The molecule has 294 valence electrons. The molecule has 0 aliphatic carbocycles. The van der Waals surface area contributed by atoms with Crippen LogP contribution in [0.2, 0.25) is 5.02 Å². The summed E-state index contributed by atoms with van der Waals surface area (Å²) in [6, 6.07) is 14.5. The number of carboxylic acids is 2. The fourth-order valence-electron chi connectivity index (χ4n) is 7.61. The number of nitrogens with two attached hydrogens (primary N) is 1. The van der Waals surface area contributed by atoms with E-state index >= 15 is 0 Å². The molecular formula is C42H44ClFN4O8. The lowest BCUT2D eigenvalue weighted by atomic mass is 9.82. The van der Waals surface area contributed by atoms with Gasteiger partial charge in [0.15, 0.2) is 11.6 Å². The van der Waals surface area contributed by atoms with E-state index in [9.17, 15) is 33.5 Å². The lowest BCUT2D eigenvalue weighted by molar-refractivity contribution is -0.149. The molecule has 6 rings (SSSR count). The van der Waals surface area contributed by atoms with Crippen molar-refractivity contribution in [3.8, 4) is 0 Å². The average Bonchev–Trinajstić information content (AvgIpc) is 3.68. The van der Waals surface area contributed by atoms with Gasteiger partial charge in [0, 0.05) is 44.5 Å². The number of hydrogen-bond acceptors (Lipinski definition) is 9. The largest absolute Gasteiger partial charge is 0.480 e. The molecular weight excluding hydrogens is 743 g/mol. The molecule has 0 fully saturated rings. The van der Waals surface area contributed by atoms with Crippen LogP contribution in [0.5, 0.6) is 0 Å². The number of benzene rings is 3. The van der Waals surface area contributed by atoms with Gasteiger partial charge in [-0.3, -0.25) is 24.1 Å². The first kappa shape index (κ1) is 40.4. The number of rotatable bonds is 16. The first-order chi connectivity index (χ1) is 26.9. The molecule has 56 heavy (non-hydrogen) atoms. The lowest BCUT2D eigenvalue weighted by Crippen LogP contribution is -2.48. The zero-order chi connectivity index (χ0) is 39.9. The molecule has 0 radical (unpaired) electrons. The molecule has 1 amide bonds. The van der Waals surface area contributed by atoms with E-state index < -0.39 is 41.9 Å². The smallest absolute Gasteiger partial charge is 0.335 e. The molecule has 3 aromatic carbocycles. The standard InChI is InChI=1S/C42H44ClFN4O8/c43-33-10-5-9-32(38(33)44)35-23-37(56-46-35)40(51)48-21-18-30-29(7-4-8-31(30)39(48)36(50)22-25-12-14-27(15-13-25)41(52)53)26-16-19-47(20-17-26)24-28(49)6-2-1-3-11-34(45)42(54)55/h4-5,7-10,12-16,34,37,39H,1-3,6,11,17-24,45H2,(H,52,53)(H,54,55)/t34-,37+,39-/m0/s1. The Balaban J connectivity index is 1.17. The zero-order valence-corrected chi connectivity index (χ0v) is 31.6. The third-order valence-electron chi connectivity index (χ3n) is 10.6. The molecule has 3 aliphatic heterocycles. The summed E-state index contributed by atoms with van der Waals surface area (Å²) in [5.41, 5.74) is 10.4. The average molecular weight is 787 g/mol. The highest BCUT2D eigenvalue weighted by molar-refractivity contribution is 6.31. The summed E-state index contributed by atoms with van der Waals surface area (Å²) >= 11 is 5.99. The number of nitrogens with zero attached hydrogens (tertiary/aromatic N) is 3. The normalized spacial score (nSPS) is 18.7. The van der Waals surface area contributed by atoms with Crippen LogP contribution in [0.1, 0.15) is 89.2 Å². The maximum absolute atomic E-state index is 14.8. The highest BCUT2D eigenvalue weighted by Crippen LogP contribution is 2.38. The Morgan fingerprint density at radius 1 is 0.946 bits per heavy atom. The highest BCUT2D eigenvalue weighted by Gasteiger charge is 2.42.